The number of nitrogens with two attached hydrogens (primary N) is 1. The van der Waals surface area contributed by atoms with E-state index >= 15 is 0 Å². The quantitative estimate of drug-likeness (QED) is 0.412. The van der Waals surface area contributed by atoms with Crippen LogP contribution < -0.4 is 10.5 Å². The molecule has 1 aliphatic carbocycles. The van der Waals surface area contributed by atoms with Gasteiger partial charge in [-0.3, -0.25) is 9.59 Å². The zero-order chi connectivity index (χ0) is 20.7. The number of ether oxygens (including phenoxy) is 1. The third-order valence-corrected chi connectivity index (χ3v) is 5.26. The summed E-state index contributed by atoms with van der Waals surface area (Å²) in [4.78, 5) is 26.4. The van der Waals surface area contributed by atoms with E-state index in [0.717, 1.165) is 11.1 Å². The maximum atomic E-state index is 13.3. The lowest BCUT2D eigenvalue weighted by Crippen LogP contribution is -2.22. The Labute approximate surface area is 173 Å². The predicted molar refractivity (Wildman–Crippen MR) is 116 cm³/mol. The highest BCUT2D eigenvalue weighted by molar-refractivity contribution is 6.30. The Bertz CT molecular complexity index is 1310. The minimum atomic E-state index is -0.264. The molecule has 4 heteroatoms. The molecule has 4 aromatic rings. The summed E-state index contributed by atoms with van der Waals surface area (Å²) in [5.41, 5.74) is 9.33. The molecular formula is C26H17NO3. The standard InChI is InChI=1S/C26H17NO3/c27-20-13-6-11-18-23(20)25(28)19-12-7-15-22(24(19)26(18)29)30-21-14-5-4-10-17(21)16-8-2-1-3-9-16/h1-15H,27H2. The summed E-state index contributed by atoms with van der Waals surface area (Å²) in [6.45, 7) is 0. The first-order valence-electron chi connectivity index (χ1n) is 9.58. The zero-order valence-corrected chi connectivity index (χ0v) is 16.0. The average molecular weight is 391 g/mol. The fourth-order valence-electron chi connectivity index (χ4n) is 3.85. The van der Waals surface area contributed by atoms with E-state index in [9.17, 15) is 9.59 Å². The number of ketones is 2. The molecule has 0 unspecified atom stereocenters. The number of carbonyl (C=O) groups excluding carboxylic acids is 2. The lowest BCUT2D eigenvalue weighted by atomic mass is 9.83. The topological polar surface area (TPSA) is 69.4 Å². The van der Waals surface area contributed by atoms with E-state index in [1.807, 2.05) is 54.6 Å². The number of anilines is 1. The maximum absolute atomic E-state index is 13.3. The van der Waals surface area contributed by atoms with Crippen molar-refractivity contribution in [3.8, 4) is 22.6 Å². The number of carbonyl (C=O) groups is 2. The van der Waals surface area contributed by atoms with Gasteiger partial charge in [0.05, 0.1) is 11.1 Å². The van der Waals surface area contributed by atoms with Crippen molar-refractivity contribution in [2.45, 2.75) is 0 Å². The van der Waals surface area contributed by atoms with Gasteiger partial charge in [0.1, 0.15) is 11.5 Å². The van der Waals surface area contributed by atoms with Crippen molar-refractivity contribution in [3.05, 3.63) is 113 Å². The van der Waals surface area contributed by atoms with E-state index in [-0.39, 0.29) is 22.7 Å². The first-order valence-corrected chi connectivity index (χ1v) is 9.58. The number of hydrogen-bond acceptors (Lipinski definition) is 4. The van der Waals surface area contributed by atoms with E-state index in [4.69, 9.17) is 10.5 Å². The largest absolute Gasteiger partial charge is 0.456 e. The third kappa shape index (κ3) is 2.78. The summed E-state index contributed by atoms with van der Waals surface area (Å²) >= 11 is 0. The normalized spacial score (nSPS) is 12.3. The zero-order valence-electron chi connectivity index (χ0n) is 16.0. The van der Waals surface area contributed by atoms with E-state index < -0.39 is 0 Å². The minimum Gasteiger partial charge on any atom is -0.456 e. The molecule has 4 nitrogen and oxygen atoms in total. The highest BCUT2D eigenvalue weighted by Crippen LogP contribution is 2.39. The van der Waals surface area contributed by atoms with Gasteiger partial charge >= 0.3 is 0 Å². The van der Waals surface area contributed by atoms with Crippen molar-refractivity contribution in [3.63, 3.8) is 0 Å². The van der Waals surface area contributed by atoms with Crippen LogP contribution in [-0.4, -0.2) is 11.6 Å². The molecule has 0 amide bonds. The summed E-state index contributed by atoms with van der Waals surface area (Å²) < 4.78 is 6.22. The number of hydrogen-bond donors (Lipinski definition) is 1. The van der Waals surface area contributed by atoms with E-state index in [0.29, 0.717) is 28.3 Å². The Morgan fingerprint density at radius 2 is 1.10 bits per heavy atom. The average Bonchev–Trinajstić information content (AvgIpc) is 2.78. The van der Waals surface area contributed by atoms with Crippen LogP contribution in [0, 0.1) is 0 Å². The fourth-order valence-corrected chi connectivity index (χ4v) is 3.85. The van der Waals surface area contributed by atoms with Gasteiger partial charge < -0.3 is 10.5 Å². The Morgan fingerprint density at radius 3 is 1.90 bits per heavy atom. The van der Waals surface area contributed by atoms with Crippen LogP contribution in [0.15, 0.2) is 91.0 Å². The number of benzene rings is 4. The van der Waals surface area contributed by atoms with Crippen molar-refractivity contribution in [2.75, 3.05) is 5.73 Å². The molecule has 0 aliphatic heterocycles. The SMILES string of the molecule is Nc1cccc2c1C(=O)c1cccc(Oc3ccccc3-c3ccccc3)c1C2=O. The molecule has 4 aromatic carbocycles. The van der Waals surface area contributed by atoms with Crippen molar-refractivity contribution in [2.24, 2.45) is 0 Å². The van der Waals surface area contributed by atoms with Crippen LogP contribution in [0.2, 0.25) is 0 Å². The van der Waals surface area contributed by atoms with Gasteiger partial charge in [0.15, 0.2) is 11.6 Å². The van der Waals surface area contributed by atoms with Gasteiger partial charge in [0, 0.05) is 22.4 Å². The molecule has 0 fully saturated rings. The second-order valence-electron chi connectivity index (χ2n) is 7.07. The monoisotopic (exact) mass is 391 g/mol. The molecule has 30 heavy (non-hydrogen) atoms. The summed E-state index contributed by atoms with van der Waals surface area (Å²) in [6, 6.07) is 27.5. The Hall–Kier alpha value is -4.18. The minimum absolute atomic E-state index is 0.261. The molecule has 0 bridgehead atoms. The molecule has 0 spiro atoms. The predicted octanol–water partition coefficient (Wildman–Crippen LogP) is 5.50. The van der Waals surface area contributed by atoms with E-state index in [2.05, 4.69) is 0 Å². The van der Waals surface area contributed by atoms with Crippen molar-refractivity contribution >= 4 is 17.3 Å². The molecule has 0 heterocycles. The highest BCUT2D eigenvalue weighted by Gasteiger charge is 2.33. The molecule has 0 atom stereocenters. The van der Waals surface area contributed by atoms with Gasteiger partial charge in [-0.25, -0.2) is 0 Å². The molecule has 0 saturated heterocycles. The van der Waals surface area contributed by atoms with Gasteiger partial charge in [-0.05, 0) is 23.8 Å². The molecule has 144 valence electrons. The molecular weight excluding hydrogens is 374 g/mol. The molecule has 0 aromatic heterocycles. The lowest BCUT2D eigenvalue weighted by molar-refractivity contribution is 0.0977. The van der Waals surface area contributed by atoms with Gasteiger partial charge in [-0.15, -0.1) is 0 Å². The molecule has 0 radical (unpaired) electrons. The molecule has 5 rings (SSSR count). The Kier molecular flexibility index (Phi) is 4.18. The number of fused-ring (bicyclic) bond motifs is 2. The number of rotatable bonds is 3. The van der Waals surface area contributed by atoms with Crippen LogP contribution in [-0.2, 0) is 0 Å². The fraction of sp³-hybridized carbons (Fsp3) is 0. The third-order valence-electron chi connectivity index (χ3n) is 5.26. The van der Waals surface area contributed by atoms with E-state index in [1.54, 1.807) is 36.4 Å². The van der Waals surface area contributed by atoms with Crippen LogP contribution in [0.1, 0.15) is 31.8 Å². The van der Waals surface area contributed by atoms with Crippen LogP contribution in [0.25, 0.3) is 11.1 Å². The number of nitrogen functional groups attached to an aromatic ring is 1. The van der Waals surface area contributed by atoms with Crippen molar-refractivity contribution in [1.82, 2.24) is 0 Å². The number of para-hydroxylation sites is 1. The molecule has 1 aliphatic rings. The van der Waals surface area contributed by atoms with Crippen molar-refractivity contribution < 1.29 is 14.3 Å². The van der Waals surface area contributed by atoms with Crippen LogP contribution >= 0.6 is 0 Å². The second-order valence-corrected chi connectivity index (χ2v) is 7.07. The Morgan fingerprint density at radius 1 is 0.533 bits per heavy atom. The molecule has 0 saturated carbocycles. The van der Waals surface area contributed by atoms with Gasteiger partial charge in [0.2, 0.25) is 0 Å². The van der Waals surface area contributed by atoms with E-state index in [1.165, 1.54) is 0 Å². The van der Waals surface area contributed by atoms with Gasteiger partial charge in [-0.1, -0.05) is 72.8 Å². The first kappa shape index (κ1) is 17.9. The van der Waals surface area contributed by atoms with Crippen LogP contribution in [0.5, 0.6) is 11.5 Å². The lowest BCUT2D eigenvalue weighted by Gasteiger charge is -2.21. The smallest absolute Gasteiger partial charge is 0.198 e. The summed E-state index contributed by atoms with van der Waals surface area (Å²) in [6.07, 6.45) is 0. The second kappa shape index (κ2) is 7.01. The van der Waals surface area contributed by atoms with Crippen LogP contribution in [0.3, 0.4) is 0 Å². The van der Waals surface area contributed by atoms with Gasteiger partial charge in [0.25, 0.3) is 0 Å². The summed E-state index contributed by atoms with van der Waals surface area (Å²) in [5.74, 6) is 0.428. The summed E-state index contributed by atoms with van der Waals surface area (Å²) in [7, 11) is 0. The summed E-state index contributed by atoms with van der Waals surface area (Å²) in [5, 5.41) is 0. The van der Waals surface area contributed by atoms with Crippen molar-refractivity contribution in [1.29, 1.82) is 0 Å². The Balaban J connectivity index is 1.64. The van der Waals surface area contributed by atoms with Gasteiger partial charge in [-0.2, -0.15) is 0 Å². The molecule has 2 N–H and O–H groups in total. The first-order chi connectivity index (χ1) is 14.6. The maximum Gasteiger partial charge on any atom is 0.198 e. The highest BCUT2D eigenvalue weighted by atomic mass is 16.5. The van der Waals surface area contributed by atoms with Crippen LogP contribution in [0.4, 0.5) is 5.69 Å².